The molecule has 11 nitrogen and oxygen atoms in total. The van der Waals surface area contributed by atoms with Gasteiger partial charge in [0.2, 0.25) is 11.9 Å². The molecule has 0 unspecified atom stereocenters. The first-order chi connectivity index (χ1) is 16.8. The van der Waals surface area contributed by atoms with Crippen molar-refractivity contribution in [2.45, 2.75) is 19.5 Å². The maximum Gasteiger partial charge on any atom is 0.241 e. The predicted molar refractivity (Wildman–Crippen MR) is 123 cm³/mol. The standard InChI is InChI=1S/C22H23F2N9O2/c1-13-3-4-33(31-13)17-6-14(5-15(23)7-17)19(12-34)29-21-18(24)9-26-22(30-21)28-16-8-27-32(10-16)11-20(35)25-2/h3-10,19,34H,11-12H2,1-2H3,(H,25,35)(H2,26,28,29,30)/t19-/m1/s1. The van der Waals surface area contributed by atoms with Crippen LogP contribution in [0.5, 0.6) is 0 Å². The van der Waals surface area contributed by atoms with E-state index in [1.54, 1.807) is 24.5 Å². The summed E-state index contributed by atoms with van der Waals surface area (Å²) in [5.41, 5.74) is 2.07. The van der Waals surface area contributed by atoms with Gasteiger partial charge in [0.1, 0.15) is 12.4 Å². The number of nitrogens with zero attached hydrogens (tertiary/aromatic N) is 6. The summed E-state index contributed by atoms with van der Waals surface area (Å²) in [7, 11) is 1.52. The van der Waals surface area contributed by atoms with Gasteiger partial charge in [0.25, 0.3) is 0 Å². The quantitative estimate of drug-likeness (QED) is 0.284. The van der Waals surface area contributed by atoms with Crippen LogP contribution in [0, 0.1) is 18.6 Å². The lowest BCUT2D eigenvalue weighted by molar-refractivity contribution is -0.121. The minimum absolute atomic E-state index is 0.0289. The monoisotopic (exact) mass is 483 g/mol. The zero-order valence-electron chi connectivity index (χ0n) is 18.9. The molecule has 1 aromatic carbocycles. The van der Waals surface area contributed by atoms with Crippen LogP contribution in [0.2, 0.25) is 0 Å². The second-order valence-corrected chi connectivity index (χ2v) is 7.64. The van der Waals surface area contributed by atoms with E-state index >= 15 is 0 Å². The van der Waals surface area contributed by atoms with Crippen molar-refractivity contribution in [3.8, 4) is 5.69 Å². The molecule has 13 heteroatoms. The number of aliphatic hydroxyl groups is 1. The maximum absolute atomic E-state index is 14.5. The molecule has 1 amide bonds. The summed E-state index contributed by atoms with van der Waals surface area (Å²) in [6.45, 7) is 1.38. The fourth-order valence-corrected chi connectivity index (χ4v) is 3.29. The first-order valence-electron chi connectivity index (χ1n) is 10.6. The summed E-state index contributed by atoms with van der Waals surface area (Å²) >= 11 is 0. The number of rotatable bonds is 9. The molecule has 0 saturated heterocycles. The van der Waals surface area contributed by atoms with Gasteiger partial charge in [0.05, 0.1) is 42.1 Å². The van der Waals surface area contributed by atoms with Crippen LogP contribution < -0.4 is 16.0 Å². The molecule has 0 bridgehead atoms. The van der Waals surface area contributed by atoms with E-state index < -0.39 is 24.3 Å². The third-order valence-electron chi connectivity index (χ3n) is 5.01. The Kier molecular flexibility index (Phi) is 6.96. The van der Waals surface area contributed by atoms with Crippen molar-refractivity contribution in [2.75, 3.05) is 24.3 Å². The van der Waals surface area contributed by atoms with Gasteiger partial charge in [-0.15, -0.1) is 0 Å². The first kappa shape index (κ1) is 23.8. The smallest absolute Gasteiger partial charge is 0.241 e. The number of carbonyl (C=O) groups is 1. The van der Waals surface area contributed by atoms with E-state index in [4.69, 9.17) is 0 Å². The molecule has 4 rings (SSSR count). The molecular formula is C22H23F2N9O2. The van der Waals surface area contributed by atoms with E-state index in [2.05, 4.69) is 36.1 Å². The lowest BCUT2D eigenvalue weighted by atomic mass is 10.1. The summed E-state index contributed by atoms with van der Waals surface area (Å²) in [4.78, 5) is 19.5. The SMILES string of the molecule is CNC(=O)Cn1cc(Nc2ncc(F)c(N[C@H](CO)c3cc(F)cc(-n4ccc(C)n4)c3)n2)cn1. The number of aryl methyl sites for hydroxylation is 1. The average molecular weight is 483 g/mol. The molecule has 0 radical (unpaired) electrons. The highest BCUT2D eigenvalue weighted by Gasteiger charge is 2.17. The van der Waals surface area contributed by atoms with E-state index in [1.807, 2.05) is 6.92 Å². The van der Waals surface area contributed by atoms with Crippen molar-refractivity contribution in [2.24, 2.45) is 0 Å². The van der Waals surface area contributed by atoms with Crippen LogP contribution in [0.25, 0.3) is 5.69 Å². The summed E-state index contributed by atoms with van der Waals surface area (Å²) in [6, 6.07) is 5.10. The minimum atomic E-state index is -0.867. The van der Waals surface area contributed by atoms with Crippen LogP contribution in [0.3, 0.4) is 0 Å². The molecule has 35 heavy (non-hydrogen) atoms. The Morgan fingerprint density at radius 2 is 2.06 bits per heavy atom. The second-order valence-electron chi connectivity index (χ2n) is 7.64. The van der Waals surface area contributed by atoms with Crippen LogP contribution in [-0.2, 0) is 11.3 Å². The van der Waals surface area contributed by atoms with Gasteiger partial charge in [-0.1, -0.05) is 0 Å². The van der Waals surface area contributed by atoms with Gasteiger partial charge in [-0.05, 0) is 36.8 Å². The number of hydrogen-bond acceptors (Lipinski definition) is 8. The van der Waals surface area contributed by atoms with Crippen molar-refractivity contribution in [3.05, 3.63) is 71.9 Å². The Morgan fingerprint density at radius 3 is 2.77 bits per heavy atom. The lowest BCUT2D eigenvalue weighted by Crippen LogP contribution is -2.23. The second kappa shape index (κ2) is 10.3. The first-order valence-corrected chi connectivity index (χ1v) is 10.6. The molecule has 0 spiro atoms. The highest BCUT2D eigenvalue weighted by molar-refractivity contribution is 5.75. The van der Waals surface area contributed by atoms with Crippen LogP contribution in [0.4, 0.5) is 26.2 Å². The third-order valence-corrected chi connectivity index (χ3v) is 5.01. The topological polar surface area (TPSA) is 135 Å². The van der Waals surface area contributed by atoms with Crippen molar-refractivity contribution in [3.63, 3.8) is 0 Å². The van der Waals surface area contributed by atoms with Crippen LogP contribution in [0.15, 0.2) is 49.1 Å². The molecule has 0 aliphatic carbocycles. The van der Waals surface area contributed by atoms with Gasteiger partial charge >= 0.3 is 0 Å². The highest BCUT2D eigenvalue weighted by atomic mass is 19.1. The fraction of sp³-hybridized carbons (Fsp3) is 0.227. The summed E-state index contributed by atoms with van der Waals surface area (Å²) in [5, 5.41) is 26.5. The molecule has 0 aliphatic heterocycles. The number of likely N-dealkylation sites (N-methyl/N-ethyl adjacent to an activating group) is 1. The lowest BCUT2D eigenvalue weighted by Gasteiger charge is -2.19. The number of nitrogens with one attached hydrogen (secondary N) is 3. The Morgan fingerprint density at radius 1 is 1.23 bits per heavy atom. The zero-order chi connectivity index (χ0) is 24.9. The third kappa shape index (κ3) is 5.76. The number of aliphatic hydroxyl groups excluding tert-OH is 1. The van der Waals surface area contributed by atoms with Gasteiger partial charge in [0.15, 0.2) is 11.6 Å². The summed E-state index contributed by atoms with van der Waals surface area (Å²) in [6.07, 6.45) is 5.68. The van der Waals surface area contributed by atoms with Crippen LogP contribution >= 0.6 is 0 Å². The molecule has 1 atom stereocenters. The molecule has 0 aliphatic rings. The van der Waals surface area contributed by atoms with Gasteiger partial charge in [0, 0.05) is 19.4 Å². The summed E-state index contributed by atoms with van der Waals surface area (Å²) in [5.74, 6) is -1.66. The van der Waals surface area contributed by atoms with Gasteiger partial charge < -0.3 is 21.1 Å². The molecular weight excluding hydrogens is 460 g/mol. The van der Waals surface area contributed by atoms with Crippen molar-refractivity contribution in [1.29, 1.82) is 0 Å². The minimum Gasteiger partial charge on any atom is -0.394 e. The Bertz CT molecular complexity index is 1340. The van der Waals surface area contributed by atoms with Crippen LogP contribution in [0.1, 0.15) is 17.3 Å². The Labute approximate surface area is 198 Å². The molecule has 182 valence electrons. The van der Waals surface area contributed by atoms with E-state index in [0.29, 0.717) is 16.9 Å². The summed E-state index contributed by atoms with van der Waals surface area (Å²) < 4.78 is 31.8. The van der Waals surface area contributed by atoms with E-state index in [-0.39, 0.29) is 24.2 Å². The zero-order valence-corrected chi connectivity index (χ0v) is 18.9. The molecule has 3 aromatic heterocycles. The van der Waals surface area contributed by atoms with Gasteiger partial charge in [-0.3, -0.25) is 9.48 Å². The normalized spacial score (nSPS) is 11.8. The number of amides is 1. The van der Waals surface area contributed by atoms with E-state index in [1.165, 1.54) is 34.7 Å². The van der Waals surface area contributed by atoms with Crippen molar-refractivity contribution >= 4 is 23.4 Å². The maximum atomic E-state index is 14.5. The number of benzene rings is 1. The Hall–Kier alpha value is -4.39. The van der Waals surface area contributed by atoms with Gasteiger partial charge in [-0.2, -0.15) is 15.2 Å². The van der Waals surface area contributed by atoms with Crippen LogP contribution in [-0.4, -0.2) is 54.2 Å². The Balaban J connectivity index is 1.54. The van der Waals surface area contributed by atoms with E-state index in [9.17, 15) is 18.7 Å². The number of hydrogen-bond donors (Lipinski definition) is 4. The highest BCUT2D eigenvalue weighted by Crippen LogP contribution is 2.24. The van der Waals surface area contributed by atoms with Gasteiger partial charge in [-0.25, -0.2) is 18.4 Å². The molecule has 4 aromatic rings. The molecule has 4 N–H and O–H groups in total. The number of anilines is 3. The molecule has 0 fully saturated rings. The van der Waals surface area contributed by atoms with Crippen molar-refractivity contribution < 1.29 is 18.7 Å². The predicted octanol–water partition coefficient (Wildman–Crippen LogP) is 2.08. The average Bonchev–Trinajstić information content (AvgIpc) is 3.47. The van der Waals surface area contributed by atoms with E-state index in [0.717, 1.165) is 11.9 Å². The molecule has 0 saturated carbocycles. The number of aromatic nitrogens is 6. The fourth-order valence-electron chi connectivity index (χ4n) is 3.29. The molecule has 3 heterocycles. The number of carbonyl (C=O) groups excluding carboxylic acids is 1. The van der Waals surface area contributed by atoms with Crippen molar-refractivity contribution in [1.82, 2.24) is 34.8 Å². The largest absolute Gasteiger partial charge is 0.394 e. The number of halogens is 2.